The lowest BCUT2D eigenvalue weighted by Gasteiger charge is -2.13. The number of rotatable bonds is 11. The van der Waals surface area contributed by atoms with Gasteiger partial charge < -0.3 is 20.1 Å². The van der Waals surface area contributed by atoms with Crippen LogP contribution in [0.1, 0.15) is 10.4 Å². The van der Waals surface area contributed by atoms with Crippen LogP contribution in [0.3, 0.4) is 0 Å². The minimum Gasteiger partial charge on any atom is -0.493 e. The molecule has 0 aliphatic carbocycles. The second-order valence-electron chi connectivity index (χ2n) is 6.38. The summed E-state index contributed by atoms with van der Waals surface area (Å²) in [5.41, 5.74) is 1.71. The van der Waals surface area contributed by atoms with E-state index in [1.165, 1.54) is 12.1 Å². The Balaban J connectivity index is 1.45. The molecule has 2 N–H and O–H groups in total. The molecule has 1 aromatic heterocycles. The van der Waals surface area contributed by atoms with Crippen molar-refractivity contribution in [1.29, 1.82) is 0 Å². The van der Waals surface area contributed by atoms with Crippen molar-refractivity contribution in [3.05, 3.63) is 79.5 Å². The fourth-order valence-corrected chi connectivity index (χ4v) is 3.62. The lowest BCUT2D eigenvalue weighted by molar-refractivity contribution is -0.384. The number of nitrogens with zero attached hydrogens (tertiary/aromatic N) is 1. The molecule has 2 aromatic carbocycles. The van der Waals surface area contributed by atoms with Gasteiger partial charge >= 0.3 is 0 Å². The lowest BCUT2D eigenvalue weighted by atomic mass is 10.2. The van der Waals surface area contributed by atoms with Crippen LogP contribution in [0, 0.1) is 10.1 Å². The van der Waals surface area contributed by atoms with Gasteiger partial charge in [0.15, 0.2) is 11.5 Å². The quantitative estimate of drug-likeness (QED) is 0.241. The summed E-state index contributed by atoms with van der Waals surface area (Å²) in [6.07, 6.45) is 0. The highest BCUT2D eigenvalue weighted by atomic mass is 35.5. The number of non-ortho nitro benzene ring substituents is 1. The third kappa shape index (κ3) is 6.09. The van der Waals surface area contributed by atoms with E-state index in [2.05, 4.69) is 10.6 Å². The van der Waals surface area contributed by atoms with Gasteiger partial charge in [-0.1, -0.05) is 23.7 Å². The third-order valence-corrected chi connectivity index (χ3v) is 5.45. The molecule has 0 saturated carbocycles. The summed E-state index contributed by atoms with van der Waals surface area (Å²) in [5, 5.41) is 19.6. The van der Waals surface area contributed by atoms with Crippen LogP contribution in [0.15, 0.2) is 53.9 Å². The molecule has 0 spiro atoms. The zero-order valence-electron chi connectivity index (χ0n) is 16.4. The maximum atomic E-state index is 10.8. The normalized spacial score (nSPS) is 10.6. The molecule has 7 nitrogen and oxygen atoms in total. The van der Waals surface area contributed by atoms with Crippen LogP contribution in [-0.2, 0) is 13.2 Å². The van der Waals surface area contributed by atoms with Crippen molar-refractivity contribution in [3.8, 4) is 11.5 Å². The van der Waals surface area contributed by atoms with Gasteiger partial charge in [0, 0.05) is 36.6 Å². The van der Waals surface area contributed by atoms with E-state index in [4.69, 9.17) is 21.1 Å². The Bertz CT molecular complexity index is 982. The molecule has 0 radical (unpaired) electrons. The van der Waals surface area contributed by atoms with Gasteiger partial charge in [-0.25, -0.2) is 0 Å². The molecule has 30 heavy (non-hydrogen) atoms. The van der Waals surface area contributed by atoms with Crippen LogP contribution in [0.4, 0.5) is 11.4 Å². The molecule has 1 heterocycles. The number of nitrogens with one attached hydrogen (secondary N) is 2. The molecule has 0 aliphatic heterocycles. The van der Waals surface area contributed by atoms with Gasteiger partial charge in [-0.05, 0) is 35.2 Å². The summed E-state index contributed by atoms with van der Waals surface area (Å²) >= 11 is 7.73. The smallest absolute Gasteiger partial charge is 0.271 e. The minimum absolute atomic E-state index is 0.0274. The number of methoxy groups -OCH3 is 1. The summed E-state index contributed by atoms with van der Waals surface area (Å²) in [7, 11) is 1.63. The second kappa shape index (κ2) is 10.8. The molecule has 0 amide bonds. The van der Waals surface area contributed by atoms with Crippen LogP contribution in [0.5, 0.6) is 11.5 Å². The van der Waals surface area contributed by atoms with E-state index in [-0.39, 0.29) is 5.69 Å². The van der Waals surface area contributed by atoms with Crippen molar-refractivity contribution in [2.45, 2.75) is 13.2 Å². The van der Waals surface area contributed by atoms with Crippen LogP contribution in [0.2, 0.25) is 5.02 Å². The number of thiophene rings is 1. The van der Waals surface area contributed by atoms with E-state index < -0.39 is 4.92 Å². The number of ether oxygens (including phenoxy) is 2. The molecule has 3 aromatic rings. The number of nitro groups is 1. The van der Waals surface area contributed by atoms with Gasteiger partial charge in [-0.15, -0.1) is 11.3 Å². The molecular weight excluding hydrogens is 426 g/mol. The first-order chi connectivity index (χ1) is 14.6. The Kier molecular flexibility index (Phi) is 7.89. The number of nitro benzene ring substituents is 1. The van der Waals surface area contributed by atoms with Crippen molar-refractivity contribution in [2.75, 3.05) is 25.5 Å². The molecule has 158 valence electrons. The largest absolute Gasteiger partial charge is 0.493 e. The standard InChI is InChI=1S/C21H22ClN3O4S/c1-28-21-11-15(4-7-20(21)29-14-17-3-2-10-30-17)13-23-8-9-24-19-6-5-16(25(26)27)12-18(19)22/h2-7,10-12,23-24H,8-9,13-14H2,1H3. The van der Waals surface area contributed by atoms with Gasteiger partial charge in [-0.2, -0.15) is 0 Å². The lowest BCUT2D eigenvalue weighted by Crippen LogP contribution is -2.21. The molecular formula is C21H22ClN3O4S. The van der Waals surface area contributed by atoms with E-state index in [9.17, 15) is 10.1 Å². The number of anilines is 1. The van der Waals surface area contributed by atoms with Crippen LogP contribution >= 0.6 is 22.9 Å². The Morgan fingerprint density at radius 2 is 2.00 bits per heavy atom. The Labute approximate surface area is 183 Å². The third-order valence-electron chi connectivity index (χ3n) is 4.29. The zero-order chi connectivity index (χ0) is 21.3. The summed E-state index contributed by atoms with van der Waals surface area (Å²) in [5.74, 6) is 1.41. The number of benzene rings is 2. The van der Waals surface area contributed by atoms with Crippen LogP contribution in [0.25, 0.3) is 0 Å². The Morgan fingerprint density at radius 1 is 1.13 bits per heavy atom. The molecule has 0 atom stereocenters. The molecule has 0 aliphatic rings. The van der Waals surface area contributed by atoms with Gasteiger partial charge in [0.05, 0.1) is 22.7 Å². The topological polar surface area (TPSA) is 85.7 Å². The summed E-state index contributed by atoms with van der Waals surface area (Å²) in [6, 6.07) is 14.3. The van der Waals surface area contributed by atoms with Gasteiger partial charge in [0.2, 0.25) is 0 Å². The average molecular weight is 448 g/mol. The Hall–Kier alpha value is -2.81. The molecule has 3 rings (SSSR count). The van der Waals surface area contributed by atoms with Crippen LogP contribution < -0.4 is 20.1 Å². The first-order valence-electron chi connectivity index (χ1n) is 9.27. The number of halogens is 1. The molecule has 9 heteroatoms. The van der Waals surface area contributed by atoms with Crippen molar-refractivity contribution >= 4 is 34.3 Å². The maximum Gasteiger partial charge on any atom is 0.271 e. The van der Waals surface area contributed by atoms with Gasteiger partial charge in [0.1, 0.15) is 6.61 Å². The number of hydrogen-bond donors (Lipinski definition) is 2. The molecule has 0 fully saturated rings. The van der Waals surface area contributed by atoms with E-state index in [1.807, 2.05) is 35.7 Å². The number of hydrogen-bond acceptors (Lipinski definition) is 7. The van der Waals surface area contributed by atoms with Gasteiger partial charge in [0.25, 0.3) is 5.69 Å². The monoisotopic (exact) mass is 447 g/mol. The van der Waals surface area contributed by atoms with E-state index >= 15 is 0 Å². The summed E-state index contributed by atoms with van der Waals surface area (Å²) in [6.45, 7) is 2.49. The fourth-order valence-electron chi connectivity index (χ4n) is 2.76. The first-order valence-corrected chi connectivity index (χ1v) is 10.5. The SMILES string of the molecule is COc1cc(CNCCNc2ccc([N+](=O)[O-])cc2Cl)ccc1OCc1cccs1. The summed E-state index contributed by atoms with van der Waals surface area (Å²) < 4.78 is 11.3. The highest BCUT2D eigenvalue weighted by molar-refractivity contribution is 7.09. The fraction of sp³-hybridized carbons (Fsp3) is 0.238. The van der Waals surface area contributed by atoms with E-state index in [1.54, 1.807) is 24.5 Å². The maximum absolute atomic E-state index is 10.8. The second-order valence-corrected chi connectivity index (χ2v) is 7.82. The predicted molar refractivity (Wildman–Crippen MR) is 120 cm³/mol. The van der Waals surface area contributed by atoms with Crippen molar-refractivity contribution < 1.29 is 14.4 Å². The first kappa shape index (κ1) is 21.9. The van der Waals surface area contributed by atoms with Crippen molar-refractivity contribution in [1.82, 2.24) is 5.32 Å². The highest BCUT2D eigenvalue weighted by Crippen LogP contribution is 2.29. The molecule has 0 unspecified atom stereocenters. The molecule has 0 bridgehead atoms. The minimum atomic E-state index is -0.468. The zero-order valence-corrected chi connectivity index (χ0v) is 18.0. The molecule has 0 saturated heterocycles. The van der Waals surface area contributed by atoms with Gasteiger partial charge in [-0.3, -0.25) is 10.1 Å². The van der Waals surface area contributed by atoms with Crippen molar-refractivity contribution in [2.24, 2.45) is 0 Å². The summed E-state index contributed by atoms with van der Waals surface area (Å²) in [4.78, 5) is 11.4. The van der Waals surface area contributed by atoms with Crippen molar-refractivity contribution in [3.63, 3.8) is 0 Å². The Morgan fingerprint density at radius 3 is 2.70 bits per heavy atom. The van der Waals surface area contributed by atoms with E-state index in [0.717, 1.165) is 10.4 Å². The van der Waals surface area contributed by atoms with Crippen LogP contribution in [-0.4, -0.2) is 25.1 Å². The van der Waals surface area contributed by atoms with E-state index in [0.29, 0.717) is 48.5 Å². The average Bonchev–Trinajstić information content (AvgIpc) is 3.26. The predicted octanol–water partition coefficient (Wildman–Crippen LogP) is 5.10. The highest BCUT2D eigenvalue weighted by Gasteiger charge is 2.09.